The van der Waals surface area contributed by atoms with Crippen LogP contribution < -0.4 is 10.1 Å². The molecule has 210 valence electrons. The Morgan fingerprint density at radius 2 is 1.90 bits per heavy atom. The molecule has 0 spiro atoms. The van der Waals surface area contributed by atoms with Crippen LogP contribution in [-0.4, -0.2) is 76.8 Å². The van der Waals surface area contributed by atoms with Crippen molar-refractivity contribution in [3.63, 3.8) is 0 Å². The number of ether oxygens (including phenoxy) is 2. The van der Waals surface area contributed by atoms with Gasteiger partial charge in [0.25, 0.3) is 5.91 Å². The number of nitrogens with zero attached hydrogens (tertiary/aromatic N) is 4. The molecule has 2 N–H and O–H groups in total. The van der Waals surface area contributed by atoms with E-state index >= 15 is 4.39 Å². The number of aromatic nitrogens is 3. The van der Waals surface area contributed by atoms with Gasteiger partial charge in [0.1, 0.15) is 23.9 Å². The molecule has 3 aromatic rings. The smallest absolute Gasteiger partial charge is 0.405 e. The number of phenolic OH excluding ortho intramolecular Hbond substituents is 1. The Bertz CT molecular complexity index is 1340. The van der Waals surface area contributed by atoms with Crippen LogP contribution in [0.1, 0.15) is 41.5 Å². The minimum Gasteiger partial charge on any atom is -0.507 e. The monoisotopic (exact) mass is 551 g/mol. The van der Waals surface area contributed by atoms with Crippen molar-refractivity contribution in [2.45, 2.75) is 32.5 Å². The number of nitrogens with one attached hydrogen (secondary N) is 1. The van der Waals surface area contributed by atoms with Gasteiger partial charge in [-0.05, 0) is 29.7 Å². The standard InChI is InChI=1S/C26H29F4N5O4/c1-15(2)18-11-19(21(36)12-22(18)38-3)23-32-33-24(25(37)31-14-26(28,29)30)35(23)17-5-4-16(20(27)10-17)13-34-6-8-39-9-7-34/h4-5,10-12,15,36H,6-9,13-14H2,1-3H3,(H,31,37). The van der Waals surface area contributed by atoms with Crippen LogP contribution in [0.15, 0.2) is 30.3 Å². The molecule has 1 saturated heterocycles. The van der Waals surface area contributed by atoms with Crippen LogP contribution in [0.3, 0.4) is 0 Å². The molecule has 2 aromatic carbocycles. The van der Waals surface area contributed by atoms with E-state index in [0.29, 0.717) is 49.7 Å². The average Bonchev–Trinajstić information content (AvgIpc) is 3.33. The van der Waals surface area contributed by atoms with Crippen LogP contribution in [0, 0.1) is 5.82 Å². The van der Waals surface area contributed by atoms with E-state index in [1.165, 1.54) is 25.3 Å². The zero-order chi connectivity index (χ0) is 28.3. The second-order valence-electron chi connectivity index (χ2n) is 9.41. The number of morpholine rings is 1. The molecule has 0 saturated carbocycles. The number of hydrogen-bond donors (Lipinski definition) is 2. The summed E-state index contributed by atoms with van der Waals surface area (Å²) in [4.78, 5) is 14.8. The molecule has 0 unspecified atom stereocenters. The topological polar surface area (TPSA) is 102 Å². The zero-order valence-electron chi connectivity index (χ0n) is 21.7. The van der Waals surface area contributed by atoms with Crippen molar-refractivity contribution in [1.29, 1.82) is 0 Å². The molecule has 1 aliphatic rings. The van der Waals surface area contributed by atoms with Crippen molar-refractivity contribution in [2.24, 2.45) is 0 Å². The molecule has 39 heavy (non-hydrogen) atoms. The van der Waals surface area contributed by atoms with Gasteiger partial charge in [0.15, 0.2) is 5.82 Å². The Morgan fingerprint density at radius 1 is 1.18 bits per heavy atom. The second kappa shape index (κ2) is 11.6. The Kier molecular flexibility index (Phi) is 8.40. The van der Waals surface area contributed by atoms with Crippen molar-refractivity contribution in [3.8, 4) is 28.6 Å². The Hall–Kier alpha value is -3.71. The number of halogens is 4. The number of phenols is 1. The van der Waals surface area contributed by atoms with Gasteiger partial charge in [-0.3, -0.25) is 14.3 Å². The number of rotatable bonds is 8. The lowest BCUT2D eigenvalue weighted by atomic mass is 9.98. The first-order valence-electron chi connectivity index (χ1n) is 12.3. The number of carbonyl (C=O) groups excluding carboxylic acids is 1. The van der Waals surface area contributed by atoms with Crippen LogP contribution in [-0.2, 0) is 11.3 Å². The summed E-state index contributed by atoms with van der Waals surface area (Å²) in [7, 11) is 1.45. The molecule has 1 amide bonds. The third-order valence-electron chi connectivity index (χ3n) is 6.32. The number of methoxy groups -OCH3 is 1. The molecule has 0 aliphatic carbocycles. The molecule has 1 fully saturated rings. The summed E-state index contributed by atoms with van der Waals surface area (Å²) in [5, 5.41) is 20.4. The van der Waals surface area contributed by atoms with Gasteiger partial charge in [-0.1, -0.05) is 19.9 Å². The Morgan fingerprint density at radius 3 is 2.51 bits per heavy atom. The number of carbonyl (C=O) groups is 1. The van der Waals surface area contributed by atoms with Crippen molar-refractivity contribution in [2.75, 3.05) is 40.0 Å². The molecule has 1 aliphatic heterocycles. The van der Waals surface area contributed by atoms with Crippen LogP contribution in [0.25, 0.3) is 17.1 Å². The predicted molar refractivity (Wildman–Crippen MR) is 134 cm³/mol. The normalized spacial score (nSPS) is 14.6. The van der Waals surface area contributed by atoms with Crippen molar-refractivity contribution >= 4 is 5.91 Å². The third kappa shape index (κ3) is 6.48. The molecule has 1 aromatic heterocycles. The first kappa shape index (κ1) is 28.3. The van der Waals surface area contributed by atoms with Crippen molar-refractivity contribution in [3.05, 3.63) is 53.1 Å². The summed E-state index contributed by atoms with van der Waals surface area (Å²) in [5.41, 5.74) is 1.33. The fourth-order valence-corrected chi connectivity index (χ4v) is 4.31. The molecular weight excluding hydrogens is 522 g/mol. The highest BCUT2D eigenvalue weighted by molar-refractivity contribution is 5.92. The van der Waals surface area contributed by atoms with Crippen LogP contribution in [0.4, 0.5) is 17.6 Å². The summed E-state index contributed by atoms with van der Waals surface area (Å²) in [5.74, 6) is -2.20. The Balaban J connectivity index is 1.81. The first-order valence-corrected chi connectivity index (χ1v) is 12.3. The molecule has 9 nitrogen and oxygen atoms in total. The van der Waals surface area contributed by atoms with Crippen molar-refractivity contribution in [1.82, 2.24) is 25.0 Å². The van der Waals surface area contributed by atoms with Crippen LogP contribution in [0.5, 0.6) is 11.5 Å². The third-order valence-corrected chi connectivity index (χ3v) is 6.32. The number of hydrogen-bond acceptors (Lipinski definition) is 7. The molecular formula is C26H29F4N5O4. The van der Waals surface area contributed by atoms with E-state index in [-0.39, 0.29) is 28.7 Å². The van der Waals surface area contributed by atoms with E-state index in [0.717, 1.165) is 10.6 Å². The van der Waals surface area contributed by atoms with Gasteiger partial charge in [-0.2, -0.15) is 13.2 Å². The lowest BCUT2D eigenvalue weighted by Crippen LogP contribution is -2.36. The van der Waals surface area contributed by atoms with Gasteiger partial charge in [-0.25, -0.2) is 4.39 Å². The van der Waals surface area contributed by atoms with Crippen molar-refractivity contribution < 1.29 is 36.9 Å². The Labute approximate surface area is 222 Å². The lowest BCUT2D eigenvalue weighted by Gasteiger charge is -2.26. The maximum Gasteiger partial charge on any atom is 0.405 e. The number of amides is 1. The number of alkyl halides is 3. The quantitative estimate of drug-likeness (QED) is 0.408. The van der Waals surface area contributed by atoms with Gasteiger partial charge in [0.2, 0.25) is 5.82 Å². The van der Waals surface area contributed by atoms with E-state index < -0.39 is 30.3 Å². The fraction of sp³-hybridized carbons (Fsp3) is 0.423. The van der Waals surface area contributed by atoms with Gasteiger partial charge in [0.05, 0.1) is 31.6 Å². The van der Waals surface area contributed by atoms with E-state index in [9.17, 15) is 23.1 Å². The highest BCUT2D eigenvalue weighted by Gasteiger charge is 2.31. The van der Waals surface area contributed by atoms with E-state index in [1.54, 1.807) is 11.4 Å². The molecule has 0 radical (unpaired) electrons. The lowest BCUT2D eigenvalue weighted by molar-refractivity contribution is -0.123. The van der Waals surface area contributed by atoms with E-state index in [4.69, 9.17) is 9.47 Å². The molecule has 13 heteroatoms. The maximum absolute atomic E-state index is 15.3. The predicted octanol–water partition coefficient (Wildman–Crippen LogP) is 4.04. The highest BCUT2D eigenvalue weighted by atomic mass is 19.4. The second-order valence-corrected chi connectivity index (χ2v) is 9.41. The largest absolute Gasteiger partial charge is 0.507 e. The van der Waals surface area contributed by atoms with Gasteiger partial charge >= 0.3 is 6.18 Å². The van der Waals surface area contributed by atoms with Gasteiger partial charge in [0, 0.05) is 31.3 Å². The van der Waals surface area contributed by atoms with E-state index in [2.05, 4.69) is 10.2 Å². The first-order chi connectivity index (χ1) is 18.5. The average molecular weight is 552 g/mol. The van der Waals surface area contributed by atoms with E-state index in [1.807, 2.05) is 18.7 Å². The SMILES string of the molecule is COc1cc(O)c(-c2nnc(C(=O)NCC(F)(F)F)n2-c2ccc(CN3CCOCC3)c(F)c2)cc1C(C)C. The summed E-state index contributed by atoms with van der Waals surface area (Å²) >= 11 is 0. The summed E-state index contributed by atoms with van der Waals surface area (Å²) in [6, 6.07) is 7.19. The fourth-order valence-electron chi connectivity index (χ4n) is 4.31. The number of aromatic hydroxyl groups is 1. The molecule has 0 atom stereocenters. The van der Waals surface area contributed by atoms with Gasteiger partial charge < -0.3 is 19.9 Å². The maximum atomic E-state index is 15.3. The minimum atomic E-state index is -4.66. The minimum absolute atomic E-state index is 0.0397. The van der Waals surface area contributed by atoms with Crippen LogP contribution >= 0.6 is 0 Å². The molecule has 0 bridgehead atoms. The van der Waals surface area contributed by atoms with Gasteiger partial charge in [-0.15, -0.1) is 10.2 Å². The zero-order valence-corrected chi connectivity index (χ0v) is 21.7. The highest BCUT2D eigenvalue weighted by Crippen LogP contribution is 2.38. The van der Waals surface area contributed by atoms with Crippen LogP contribution in [0.2, 0.25) is 0 Å². The number of benzene rings is 2. The molecule has 2 heterocycles. The summed E-state index contributed by atoms with van der Waals surface area (Å²) in [6.45, 7) is 4.94. The molecule has 4 rings (SSSR count). The summed E-state index contributed by atoms with van der Waals surface area (Å²) in [6.07, 6.45) is -4.66. The summed E-state index contributed by atoms with van der Waals surface area (Å²) < 4.78 is 65.5.